The molecule has 5 heteroatoms. The number of alkyl halides is 3. The van der Waals surface area contributed by atoms with Crippen LogP contribution >= 0.6 is 0 Å². The van der Waals surface area contributed by atoms with Gasteiger partial charge in [-0.1, -0.05) is 0 Å². The van der Waals surface area contributed by atoms with E-state index in [4.69, 9.17) is 5.73 Å². The monoisotopic (exact) mass is 195 g/mol. The van der Waals surface area contributed by atoms with E-state index < -0.39 is 18.0 Å². The molecule has 1 saturated carbocycles. The number of hydrogen-bond donors (Lipinski definition) is 1. The van der Waals surface area contributed by atoms with Gasteiger partial charge in [-0.25, -0.2) is 0 Å². The van der Waals surface area contributed by atoms with E-state index in [1.165, 1.54) is 0 Å². The van der Waals surface area contributed by atoms with Crippen molar-refractivity contribution < 1.29 is 18.0 Å². The van der Waals surface area contributed by atoms with Crippen molar-refractivity contribution in [2.24, 2.45) is 17.6 Å². The average Bonchev–Trinajstić information content (AvgIpc) is 2.03. The van der Waals surface area contributed by atoms with E-state index in [-0.39, 0.29) is 31.6 Å². The van der Waals surface area contributed by atoms with Crippen LogP contribution in [0.4, 0.5) is 13.2 Å². The molecule has 0 spiro atoms. The maximum Gasteiger partial charge on any atom is 0.391 e. The van der Waals surface area contributed by atoms with Crippen molar-refractivity contribution in [3.05, 3.63) is 0 Å². The molecule has 0 heterocycles. The van der Waals surface area contributed by atoms with Gasteiger partial charge in [0.25, 0.3) is 0 Å². The Hall–Kier alpha value is -0.740. The van der Waals surface area contributed by atoms with Gasteiger partial charge in [-0.05, 0) is 25.7 Å². The number of carbonyl (C=O) groups excluding carboxylic acids is 1. The first-order chi connectivity index (χ1) is 5.91. The third-order valence-corrected chi connectivity index (χ3v) is 2.59. The van der Waals surface area contributed by atoms with Crippen LogP contribution in [0.5, 0.6) is 0 Å². The lowest BCUT2D eigenvalue weighted by Gasteiger charge is -2.27. The summed E-state index contributed by atoms with van der Waals surface area (Å²) in [6.45, 7) is 0. The summed E-state index contributed by atoms with van der Waals surface area (Å²) in [5.74, 6) is -2.05. The maximum atomic E-state index is 12.2. The Kier molecular flexibility index (Phi) is 2.83. The molecule has 1 fully saturated rings. The number of amides is 1. The number of primary amides is 1. The second-order valence-corrected chi connectivity index (χ2v) is 3.49. The predicted octanol–water partition coefficient (Wildman–Crippen LogP) is 1.84. The highest BCUT2D eigenvalue weighted by atomic mass is 19.4. The van der Waals surface area contributed by atoms with Gasteiger partial charge < -0.3 is 5.73 Å². The van der Waals surface area contributed by atoms with E-state index in [9.17, 15) is 18.0 Å². The highest BCUT2D eigenvalue weighted by Crippen LogP contribution is 2.39. The Morgan fingerprint density at radius 1 is 1.15 bits per heavy atom. The van der Waals surface area contributed by atoms with Crippen LogP contribution in [0.25, 0.3) is 0 Å². The molecule has 0 atom stereocenters. The van der Waals surface area contributed by atoms with E-state index >= 15 is 0 Å². The Morgan fingerprint density at radius 2 is 1.62 bits per heavy atom. The Labute approximate surface area is 74.3 Å². The molecule has 0 aromatic carbocycles. The molecule has 0 saturated heterocycles. The summed E-state index contributed by atoms with van der Waals surface area (Å²) in [7, 11) is 0. The third-order valence-electron chi connectivity index (χ3n) is 2.59. The standard InChI is InChI=1S/C8H12F3NO/c9-8(10,11)6-3-1-5(2-4-6)7(12)13/h5-6H,1-4H2,(H2,12,13)/t5-,6+. The summed E-state index contributed by atoms with van der Waals surface area (Å²) < 4.78 is 36.5. The Balaban J connectivity index is 2.44. The summed E-state index contributed by atoms with van der Waals surface area (Å²) in [5, 5.41) is 0. The highest BCUT2D eigenvalue weighted by molar-refractivity contribution is 5.76. The van der Waals surface area contributed by atoms with Gasteiger partial charge in [0.15, 0.2) is 0 Å². The normalized spacial score (nSPS) is 30.1. The smallest absolute Gasteiger partial charge is 0.369 e. The quantitative estimate of drug-likeness (QED) is 0.681. The van der Waals surface area contributed by atoms with Crippen molar-refractivity contribution in [1.82, 2.24) is 0 Å². The number of nitrogens with two attached hydrogens (primary N) is 1. The van der Waals surface area contributed by atoms with E-state index in [2.05, 4.69) is 0 Å². The molecule has 0 aromatic heterocycles. The molecule has 1 amide bonds. The molecule has 1 aliphatic rings. The largest absolute Gasteiger partial charge is 0.391 e. The summed E-state index contributed by atoms with van der Waals surface area (Å²) in [4.78, 5) is 10.7. The zero-order valence-electron chi connectivity index (χ0n) is 7.10. The second-order valence-electron chi connectivity index (χ2n) is 3.49. The molecule has 2 N–H and O–H groups in total. The molecular formula is C8H12F3NO. The van der Waals surface area contributed by atoms with Crippen LogP contribution in [-0.2, 0) is 4.79 Å². The number of halogens is 3. The fourth-order valence-electron chi connectivity index (χ4n) is 1.71. The van der Waals surface area contributed by atoms with Crippen LogP contribution in [0.15, 0.2) is 0 Å². The van der Waals surface area contributed by atoms with E-state index in [0.717, 1.165) is 0 Å². The first-order valence-corrected chi connectivity index (χ1v) is 4.27. The SMILES string of the molecule is NC(=O)[C@H]1CC[C@@H](C(F)(F)F)CC1. The molecule has 1 rings (SSSR count). The highest BCUT2D eigenvalue weighted by Gasteiger charge is 2.42. The van der Waals surface area contributed by atoms with Crippen LogP contribution in [-0.4, -0.2) is 12.1 Å². The molecule has 1 aliphatic carbocycles. The van der Waals surface area contributed by atoms with Crippen molar-refractivity contribution in [1.29, 1.82) is 0 Å². The van der Waals surface area contributed by atoms with E-state index in [1.54, 1.807) is 0 Å². The molecule has 0 radical (unpaired) electrons. The van der Waals surface area contributed by atoms with Crippen molar-refractivity contribution in [3.8, 4) is 0 Å². The second kappa shape index (κ2) is 3.55. The first kappa shape index (κ1) is 10.3. The summed E-state index contributed by atoms with van der Waals surface area (Å²) >= 11 is 0. The fourth-order valence-corrected chi connectivity index (χ4v) is 1.71. The topological polar surface area (TPSA) is 43.1 Å². The molecule has 13 heavy (non-hydrogen) atoms. The Morgan fingerprint density at radius 3 is 1.92 bits per heavy atom. The zero-order chi connectivity index (χ0) is 10.1. The maximum absolute atomic E-state index is 12.2. The van der Waals surface area contributed by atoms with Gasteiger partial charge in [-0.2, -0.15) is 13.2 Å². The number of carbonyl (C=O) groups is 1. The van der Waals surface area contributed by atoms with Crippen molar-refractivity contribution >= 4 is 5.91 Å². The van der Waals surface area contributed by atoms with Gasteiger partial charge in [0.1, 0.15) is 0 Å². The molecule has 0 aromatic rings. The number of rotatable bonds is 1. The molecular weight excluding hydrogens is 183 g/mol. The fraction of sp³-hybridized carbons (Fsp3) is 0.875. The minimum atomic E-state index is -4.11. The molecule has 0 bridgehead atoms. The minimum Gasteiger partial charge on any atom is -0.369 e. The van der Waals surface area contributed by atoms with Crippen LogP contribution < -0.4 is 5.73 Å². The first-order valence-electron chi connectivity index (χ1n) is 4.27. The van der Waals surface area contributed by atoms with E-state index in [0.29, 0.717) is 0 Å². The summed E-state index contributed by atoms with van der Waals surface area (Å²) in [6, 6.07) is 0. The lowest BCUT2D eigenvalue weighted by atomic mass is 9.81. The van der Waals surface area contributed by atoms with Gasteiger partial charge in [0.05, 0.1) is 5.92 Å². The van der Waals surface area contributed by atoms with Gasteiger partial charge in [-0.15, -0.1) is 0 Å². The lowest BCUT2D eigenvalue weighted by Crippen LogP contribution is -2.32. The summed E-state index contributed by atoms with van der Waals surface area (Å²) in [5.41, 5.74) is 5.00. The third kappa shape index (κ3) is 2.60. The predicted molar refractivity (Wildman–Crippen MR) is 40.7 cm³/mol. The minimum absolute atomic E-state index is 0.0388. The van der Waals surface area contributed by atoms with Gasteiger partial charge in [0, 0.05) is 5.92 Å². The van der Waals surface area contributed by atoms with Gasteiger partial charge in [-0.3, -0.25) is 4.79 Å². The molecule has 76 valence electrons. The van der Waals surface area contributed by atoms with Crippen LogP contribution in [0.1, 0.15) is 25.7 Å². The van der Waals surface area contributed by atoms with Crippen LogP contribution in [0.3, 0.4) is 0 Å². The van der Waals surface area contributed by atoms with Gasteiger partial charge >= 0.3 is 6.18 Å². The van der Waals surface area contributed by atoms with Crippen molar-refractivity contribution in [2.45, 2.75) is 31.9 Å². The van der Waals surface area contributed by atoms with Gasteiger partial charge in [0.2, 0.25) is 5.91 Å². The average molecular weight is 195 g/mol. The molecule has 0 aliphatic heterocycles. The van der Waals surface area contributed by atoms with Crippen molar-refractivity contribution in [2.75, 3.05) is 0 Å². The summed E-state index contributed by atoms with van der Waals surface area (Å²) in [6.07, 6.45) is -3.48. The lowest BCUT2D eigenvalue weighted by molar-refractivity contribution is -0.184. The van der Waals surface area contributed by atoms with E-state index in [1.807, 2.05) is 0 Å². The van der Waals surface area contributed by atoms with Crippen LogP contribution in [0, 0.1) is 11.8 Å². The van der Waals surface area contributed by atoms with Crippen LogP contribution in [0.2, 0.25) is 0 Å². The Bertz CT molecular complexity index is 194. The zero-order valence-corrected chi connectivity index (χ0v) is 7.10. The molecule has 2 nitrogen and oxygen atoms in total. The number of hydrogen-bond acceptors (Lipinski definition) is 1. The molecule has 0 unspecified atom stereocenters. The van der Waals surface area contributed by atoms with Crippen molar-refractivity contribution in [3.63, 3.8) is 0 Å².